The van der Waals surface area contributed by atoms with Crippen LogP contribution >= 0.6 is 0 Å². The summed E-state index contributed by atoms with van der Waals surface area (Å²) in [4.78, 5) is 19.6. The molecule has 10 heteroatoms. The van der Waals surface area contributed by atoms with Gasteiger partial charge in [0, 0.05) is 30.9 Å². The molecule has 0 aliphatic carbocycles. The molecule has 0 radical (unpaired) electrons. The number of aryl methyl sites for hydroxylation is 1. The maximum atomic E-state index is 13.1. The van der Waals surface area contributed by atoms with E-state index in [0.717, 1.165) is 34.6 Å². The van der Waals surface area contributed by atoms with Crippen LogP contribution in [0.4, 0.5) is 30.5 Å². The third kappa shape index (κ3) is 6.78. The third-order valence-corrected chi connectivity index (χ3v) is 5.98. The Morgan fingerprint density at radius 2 is 1.89 bits per heavy atom. The molecule has 3 N–H and O–H groups in total. The molecule has 1 atom stereocenters. The predicted octanol–water partition coefficient (Wildman–Crippen LogP) is 4.96. The number of alkyl halides is 3. The van der Waals surface area contributed by atoms with E-state index in [0.29, 0.717) is 44.4 Å². The predicted molar refractivity (Wildman–Crippen MR) is 137 cm³/mol. The zero-order chi connectivity index (χ0) is 26.6. The van der Waals surface area contributed by atoms with Gasteiger partial charge in [0.05, 0.1) is 24.9 Å². The highest BCUT2D eigenvalue weighted by Gasteiger charge is 2.31. The molecular weight excluding hydrogens is 485 g/mol. The van der Waals surface area contributed by atoms with Crippen molar-refractivity contribution in [2.75, 3.05) is 48.4 Å². The number of hydrogen-bond acceptors (Lipinski definition) is 6. The summed E-state index contributed by atoms with van der Waals surface area (Å²) in [5.74, 6) is 0.716. The lowest BCUT2D eigenvalue weighted by Crippen LogP contribution is -2.36. The van der Waals surface area contributed by atoms with Gasteiger partial charge in [-0.15, -0.1) is 0 Å². The molecule has 37 heavy (non-hydrogen) atoms. The number of halogens is 3. The molecule has 2 aromatic carbocycles. The fourth-order valence-corrected chi connectivity index (χ4v) is 4.02. The lowest BCUT2D eigenvalue weighted by molar-refractivity contribution is -0.137. The Hall–Kier alpha value is -3.63. The van der Waals surface area contributed by atoms with Crippen LogP contribution in [0.15, 0.2) is 54.6 Å². The molecule has 1 aliphatic heterocycles. The van der Waals surface area contributed by atoms with Crippen molar-refractivity contribution in [2.45, 2.75) is 26.1 Å². The minimum absolute atomic E-state index is 0.0833. The van der Waals surface area contributed by atoms with Crippen LogP contribution in [0.1, 0.15) is 28.4 Å². The van der Waals surface area contributed by atoms with E-state index in [9.17, 15) is 23.1 Å². The van der Waals surface area contributed by atoms with E-state index in [-0.39, 0.29) is 5.56 Å². The molecule has 1 aromatic heterocycles. The number of ether oxygens (including phenoxy) is 1. The number of hydrogen-bond donors (Lipinski definition) is 3. The molecular formula is C27H29F3N4O3. The smallest absolute Gasteiger partial charge is 0.392 e. The second-order valence-electron chi connectivity index (χ2n) is 8.99. The quantitative estimate of drug-likeness (QED) is 0.413. The van der Waals surface area contributed by atoms with E-state index in [1.807, 2.05) is 25.1 Å². The average molecular weight is 515 g/mol. The fraction of sp³-hybridized carbons (Fsp3) is 0.333. The van der Waals surface area contributed by atoms with Crippen molar-refractivity contribution >= 4 is 23.2 Å². The first-order valence-corrected chi connectivity index (χ1v) is 12.0. The number of aliphatic hydroxyl groups is 1. The molecule has 1 aliphatic rings. The van der Waals surface area contributed by atoms with Gasteiger partial charge in [0.1, 0.15) is 11.6 Å². The van der Waals surface area contributed by atoms with Crippen molar-refractivity contribution < 1.29 is 27.8 Å². The number of nitrogens with one attached hydrogen (secondary N) is 2. The average Bonchev–Trinajstić information content (AvgIpc) is 2.88. The Kier molecular flexibility index (Phi) is 7.99. The largest absolute Gasteiger partial charge is 0.416 e. The minimum Gasteiger partial charge on any atom is -0.392 e. The maximum Gasteiger partial charge on any atom is 0.416 e. The van der Waals surface area contributed by atoms with Gasteiger partial charge in [-0.3, -0.25) is 4.79 Å². The number of nitrogens with zero attached hydrogens (tertiary/aromatic N) is 2. The summed E-state index contributed by atoms with van der Waals surface area (Å²) in [5.41, 5.74) is 2.11. The van der Waals surface area contributed by atoms with E-state index in [1.54, 1.807) is 19.1 Å². The second-order valence-corrected chi connectivity index (χ2v) is 8.99. The highest BCUT2D eigenvalue weighted by atomic mass is 19.4. The van der Waals surface area contributed by atoms with Crippen molar-refractivity contribution in [3.63, 3.8) is 0 Å². The molecule has 0 saturated carbocycles. The Morgan fingerprint density at radius 3 is 2.59 bits per heavy atom. The van der Waals surface area contributed by atoms with Crippen molar-refractivity contribution in [1.82, 2.24) is 4.98 Å². The zero-order valence-electron chi connectivity index (χ0n) is 20.6. The lowest BCUT2D eigenvalue weighted by Gasteiger charge is -2.28. The molecule has 1 unspecified atom stereocenters. The Morgan fingerprint density at radius 1 is 1.14 bits per heavy atom. The van der Waals surface area contributed by atoms with Crippen LogP contribution in [0.25, 0.3) is 11.1 Å². The number of anilines is 3. The summed E-state index contributed by atoms with van der Waals surface area (Å²) in [6.45, 7) is 6.52. The second kappa shape index (κ2) is 11.2. The lowest BCUT2D eigenvalue weighted by atomic mass is 10.00. The topological polar surface area (TPSA) is 86.7 Å². The molecule has 3 aromatic rings. The standard InChI is InChI=1S/C27H29F3N4O3/c1-17-6-7-22(32-26(36)19-4-3-5-21(12-19)27(28,29)30)15-23(17)20-13-24(31-16-18(2)35)33-25(14-20)34-8-10-37-11-9-34/h3-7,12-15,18,35H,8-11,16H2,1-2H3,(H,31,33)(H,32,36). The van der Waals surface area contributed by atoms with Crippen molar-refractivity contribution in [1.29, 1.82) is 0 Å². The van der Waals surface area contributed by atoms with Gasteiger partial charge in [0.15, 0.2) is 0 Å². The van der Waals surface area contributed by atoms with Crippen LogP contribution in [-0.4, -0.2) is 54.9 Å². The van der Waals surface area contributed by atoms with Crippen LogP contribution < -0.4 is 15.5 Å². The van der Waals surface area contributed by atoms with Gasteiger partial charge in [0.25, 0.3) is 5.91 Å². The molecule has 1 saturated heterocycles. The maximum absolute atomic E-state index is 13.1. The van der Waals surface area contributed by atoms with Crippen LogP contribution in [-0.2, 0) is 10.9 Å². The van der Waals surface area contributed by atoms with Gasteiger partial charge < -0.3 is 25.4 Å². The first-order chi connectivity index (χ1) is 17.6. The summed E-state index contributed by atoms with van der Waals surface area (Å²) in [7, 11) is 0. The highest BCUT2D eigenvalue weighted by Crippen LogP contribution is 2.32. The van der Waals surface area contributed by atoms with E-state index < -0.39 is 23.8 Å². The minimum atomic E-state index is -4.54. The summed E-state index contributed by atoms with van der Waals surface area (Å²) in [6.07, 6.45) is -5.10. The summed E-state index contributed by atoms with van der Waals surface area (Å²) >= 11 is 0. The Bertz CT molecular complexity index is 1260. The number of amides is 1. The van der Waals surface area contributed by atoms with Gasteiger partial charge in [-0.25, -0.2) is 4.98 Å². The van der Waals surface area contributed by atoms with Crippen LogP contribution in [0.5, 0.6) is 0 Å². The number of benzene rings is 2. The SMILES string of the molecule is Cc1ccc(NC(=O)c2cccc(C(F)(F)F)c2)cc1-c1cc(NCC(C)O)nc(N2CCOCC2)c1. The first kappa shape index (κ1) is 26.4. The highest BCUT2D eigenvalue weighted by molar-refractivity contribution is 6.04. The third-order valence-electron chi connectivity index (χ3n) is 5.98. The molecule has 196 valence electrons. The monoisotopic (exact) mass is 514 g/mol. The van der Waals surface area contributed by atoms with Gasteiger partial charge >= 0.3 is 6.18 Å². The zero-order valence-corrected chi connectivity index (χ0v) is 20.6. The summed E-state index contributed by atoms with van der Waals surface area (Å²) in [5, 5.41) is 15.6. The number of aromatic nitrogens is 1. The molecule has 1 fully saturated rings. The van der Waals surface area contributed by atoms with Crippen molar-refractivity contribution in [3.8, 4) is 11.1 Å². The van der Waals surface area contributed by atoms with E-state index >= 15 is 0 Å². The van der Waals surface area contributed by atoms with Gasteiger partial charge in [-0.1, -0.05) is 12.1 Å². The fourth-order valence-electron chi connectivity index (χ4n) is 4.02. The summed E-state index contributed by atoms with van der Waals surface area (Å²) < 4.78 is 44.7. The number of rotatable bonds is 7. The van der Waals surface area contributed by atoms with Crippen molar-refractivity contribution in [3.05, 3.63) is 71.3 Å². The van der Waals surface area contributed by atoms with Crippen molar-refractivity contribution in [2.24, 2.45) is 0 Å². The van der Waals surface area contributed by atoms with Gasteiger partial charge in [0.2, 0.25) is 0 Å². The van der Waals surface area contributed by atoms with Crippen LogP contribution in [0.3, 0.4) is 0 Å². The normalized spacial score (nSPS) is 14.8. The number of pyridine rings is 1. The van der Waals surface area contributed by atoms with E-state index in [2.05, 4.69) is 15.5 Å². The van der Waals surface area contributed by atoms with Crippen LogP contribution in [0, 0.1) is 6.92 Å². The molecule has 7 nitrogen and oxygen atoms in total. The molecule has 1 amide bonds. The summed E-state index contributed by atoms with van der Waals surface area (Å²) in [6, 6.07) is 13.5. The molecule has 4 rings (SSSR count). The van der Waals surface area contributed by atoms with E-state index in [4.69, 9.17) is 9.72 Å². The Balaban J connectivity index is 1.64. The molecule has 0 bridgehead atoms. The van der Waals surface area contributed by atoms with E-state index in [1.165, 1.54) is 12.1 Å². The number of carbonyl (C=O) groups excluding carboxylic acids is 1. The molecule has 2 heterocycles. The number of morpholine rings is 1. The van der Waals surface area contributed by atoms with Gasteiger partial charge in [-0.05, 0) is 73.0 Å². The van der Waals surface area contributed by atoms with Crippen LogP contribution in [0.2, 0.25) is 0 Å². The van der Waals surface area contributed by atoms with Gasteiger partial charge in [-0.2, -0.15) is 13.2 Å². The number of carbonyl (C=O) groups is 1. The first-order valence-electron chi connectivity index (χ1n) is 12.0. The number of aliphatic hydroxyl groups excluding tert-OH is 1. The Labute approximate surface area is 213 Å². The molecule has 0 spiro atoms.